The van der Waals surface area contributed by atoms with Gasteiger partial charge in [-0.05, 0) is 27.7 Å². The number of hydrogen-bond donors (Lipinski definition) is 1. The number of anilines is 1. The van der Waals surface area contributed by atoms with Gasteiger partial charge in [0.1, 0.15) is 0 Å². The molecule has 2 heterocycles. The van der Waals surface area contributed by atoms with Crippen LogP contribution in [0.5, 0.6) is 0 Å². The smallest absolute Gasteiger partial charge is 0.275 e. The van der Waals surface area contributed by atoms with E-state index in [0.717, 1.165) is 0 Å². The normalized spacial score (nSPS) is 12.7. The van der Waals surface area contributed by atoms with E-state index in [1.165, 1.54) is 17.1 Å². The van der Waals surface area contributed by atoms with Crippen molar-refractivity contribution >= 4 is 15.7 Å². The van der Waals surface area contributed by atoms with Crippen LogP contribution in [-0.4, -0.2) is 28.0 Å². The average molecular weight is 297 g/mol. The molecular weight excluding hydrogens is 278 g/mol. The van der Waals surface area contributed by atoms with Gasteiger partial charge >= 0.3 is 0 Å². The van der Waals surface area contributed by atoms with Gasteiger partial charge in [0.25, 0.3) is 10.0 Å². The Labute approximate surface area is 118 Å². The SMILES string of the molecule is Cc1cnn(C)c1S(=O)(=O)Nc1cnn(C(C)(C)C)c1. The third kappa shape index (κ3) is 2.69. The molecule has 110 valence electrons. The third-order valence-corrected chi connectivity index (χ3v) is 4.43. The second-order valence-corrected chi connectivity index (χ2v) is 7.30. The summed E-state index contributed by atoms with van der Waals surface area (Å²) in [5.74, 6) is 0. The average Bonchev–Trinajstić information content (AvgIpc) is 2.84. The summed E-state index contributed by atoms with van der Waals surface area (Å²) in [6, 6.07) is 0. The van der Waals surface area contributed by atoms with Gasteiger partial charge in [0.2, 0.25) is 0 Å². The number of sulfonamides is 1. The van der Waals surface area contributed by atoms with Gasteiger partial charge in [-0.3, -0.25) is 14.1 Å². The number of nitrogens with zero attached hydrogens (tertiary/aromatic N) is 4. The Bertz CT molecular complexity index is 702. The van der Waals surface area contributed by atoms with Gasteiger partial charge in [-0.1, -0.05) is 0 Å². The first-order chi connectivity index (χ1) is 9.11. The Hall–Kier alpha value is -1.83. The second kappa shape index (κ2) is 4.62. The summed E-state index contributed by atoms with van der Waals surface area (Å²) >= 11 is 0. The van der Waals surface area contributed by atoms with Gasteiger partial charge in [0, 0.05) is 18.8 Å². The molecule has 0 bridgehead atoms. The minimum atomic E-state index is -3.67. The van der Waals surface area contributed by atoms with Crippen LogP contribution in [-0.2, 0) is 22.6 Å². The Kier molecular flexibility index (Phi) is 3.37. The number of aryl methyl sites for hydroxylation is 2. The van der Waals surface area contributed by atoms with Crippen molar-refractivity contribution in [3.05, 3.63) is 24.2 Å². The van der Waals surface area contributed by atoms with E-state index in [2.05, 4.69) is 14.9 Å². The predicted molar refractivity (Wildman–Crippen MR) is 76.0 cm³/mol. The van der Waals surface area contributed by atoms with Crippen LogP contribution < -0.4 is 4.72 Å². The lowest BCUT2D eigenvalue weighted by atomic mass is 10.1. The minimum absolute atomic E-state index is 0.154. The molecule has 0 radical (unpaired) electrons. The Morgan fingerprint density at radius 2 is 1.85 bits per heavy atom. The fraction of sp³-hybridized carbons (Fsp3) is 0.500. The van der Waals surface area contributed by atoms with Crippen molar-refractivity contribution in [3.8, 4) is 0 Å². The zero-order valence-corrected chi connectivity index (χ0v) is 13.1. The van der Waals surface area contributed by atoms with Crippen LogP contribution >= 0.6 is 0 Å². The molecular formula is C12H19N5O2S. The fourth-order valence-corrected chi connectivity index (χ4v) is 3.25. The van der Waals surface area contributed by atoms with Crippen molar-refractivity contribution < 1.29 is 8.42 Å². The van der Waals surface area contributed by atoms with Crippen LogP contribution in [0.2, 0.25) is 0 Å². The van der Waals surface area contributed by atoms with Gasteiger partial charge in [-0.25, -0.2) is 0 Å². The largest absolute Gasteiger partial charge is 0.279 e. The molecule has 2 aromatic rings. The van der Waals surface area contributed by atoms with Crippen molar-refractivity contribution in [2.75, 3.05) is 4.72 Å². The lowest BCUT2D eigenvalue weighted by molar-refractivity contribution is 0.355. The molecule has 2 rings (SSSR count). The Morgan fingerprint density at radius 3 is 2.30 bits per heavy atom. The summed E-state index contributed by atoms with van der Waals surface area (Å²) in [5, 5.41) is 8.26. The van der Waals surface area contributed by atoms with E-state index in [0.29, 0.717) is 11.3 Å². The molecule has 0 spiro atoms. The van der Waals surface area contributed by atoms with E-state index < -0.39 is 10.0 Å². The molecule has 0 atom stereocenters. The van der Waals surface area contributed by atoms with Crippen molar-refractivity contribution in [1.82, 2.24) is 19.6 Å². The summed E-state index contributed by atoms with van der Waals surface area (Å²) in [7, 11) is -2.07. The first-order valence-corrected chi connectivity index (χ1v) is 7.66. The molecule has 7 nitrogen and oxygen atoms in total. The molecule has 0 aliphatic heterocycles. The first-order valence-electron chi connectivity index (χ1n) is 6.18. The summed E-state index contributed by atoms with van der Waals surface area (Å²) in [4.78, 5) is 0. The molecule has 0 saturated carbocycles. The molecule has 0 aliphatic rings. The monoisotopic (exact) mass is 297 g/mol. The highest BCUT2D eigenvalue weighted by Crippen LogP contribution is 2.20. The van der Waals surface area contributed by atoms with Gasteiger partial charge in [-0.2, -0.15) is 18.6 Å². The van der Waals surface area contributed by atoms with E-state index >= 15 is 0 Å². The molecule has 20 heavy (non-hydrogen) atoms. The second-order valence-electron chi connectivity index (χ2n) is 5.71. The van der Waals surface area contributed by atoms with Gasteiger partial charge in [0.05, 0.1) is 23.6 Å². The van der Waals surface area contributed by atoms with Crippen LogP contribution in [0.1, 0.15) is 26.3 Å². The fourth-order valence-electron chi connectivity index (χ4n) is 1.87. The van der Waals surface area contributed by atoms with Crippen LogP contribution in [0.15, 0.2) is 23.6 Å². The van der Waals surface area contributed by atoms with E-state index in [4.69, 9.17) is 0 Å². The number of hydrogen-bond acceptors (Lipinski definition) is 4. The van der Waals surface area contributed by atoms with Crippen LogP contribution in [0, 0.1) is 6.92 Å². The lowest BCUT2D eigenvalue weighted by Crippen LogP contribution is -2.22. The maximum Gasteiger partial charge on any atom is 0.279 e. The molecule has 0 aromatic carbocycles. The molecule has 0 amide bonds. The Morgan fingerprint density at radius 1 is 1.20 bits per heavy atom. The van der Waals surface area contributed by atoms with Gasteiger partial charge in [0.15, 0.2) is 5.03 Å². The van der Waals surface area contributed by atoms with Crippen molar-refractivity contribution in [2.45, 2.75) is 38.3 Å². The highest BCUT2D eigenvalue weighted by atomic mass is 32.2. The molecule has 2 aromatic heterocycles. The lowest BCUT2D eigenvalue weighted by Gasteiger charge is -2.18. The molecule has 0 aliphatic carbocycles. The van der Waals surface area contributed by atoms with E-state index in [-0.39, 0.29) is 10.6 Å². The standard InChI is InChI=1S/C12H19N5O2S/c1-9-6-13-16(5)11(9)20(18,19)15-10-7-14-17(8-10)12(2,3)4/h6-8,15H,1-5H3. The summed E-state index contributed by atoms with van der Waals surface area (Å²) in [6.45, 7) is 7.68. The summed E-state index contributed by atoms with van der Waals surface area (Å²) in [6.07, 6.45) is 4.69. The summed E-state index contributed by atoms with van der Waals surface area (Å²) in [5.41, 5.74) is 0.829. The van der Waals surface area contributed by atoms with E-state index in [9.17, 15) is 8.42 Å². The topological polar surface area (TPSA) is 81.8 Å². The van der Waals surface area contributed by atoms with Crippen LogP contribution in [0.25, 0.3) is 0 Å². The predicted octanol–water partition coefficient (Wildman–Crippen LogP) is 1.48. The Balaban J connectivity index is 2.32. The maximum atomic E-state index is 12.4. The third-order valence-electron chi connectivity index (χ3n) is 2.83. The van der Waals surface area contributed by atoms with Crippen LogP contribution in [0.3, 0.4) is 0 Å². The van der Waals surface area contributed by atoms with Crippen molar-refractivity contribution in [3.63, 3.8) is 0 Å². The molecule has 1 N–H and O–H groups in total. The molecule has 0 fully saturated rings. The molecule has 0 saturated heterocycles. The zero-order chi connectivity index (χ0) is 15.1. The van der Waals surface area contributed by atoms with E-state index in [1.54, 1.807) is 24.9 Å². The zero-order valence-electron chi connectivity index (χ0n) is 12.2. The summed E-state index contributed by atoms with van der Waals surface area (Å²) < 4.78 is 30.3. The highest BCUT2D eigenvalue weighted by molar-refractivity contribution is 7.92. The van der Waals surface area contributed by atoms with Crippen molar-refractivity contribution in [1.29, 1.82) is 0 Å². The number of nitrogens with one attached hydrogen (secondary N) is 1. The molecule has 8 heteroatoms. The molecule has 0 unspecified atom stereocenters. The first kappa shape index (κ1) is 14.6. The number of aromatic nitrogens is 4. The van der Waals surface area contributed by atoms with Crippen LogP contribution in [0.4, 0.5) is 5.69 Å². The van der Waals surface area contributed by atoms with Gasteiger partial charge < -0.3 is 0 Å². The maximum absolute atomic E-state index is 12.4. The minimum Gasteiger partial charge on any atom is -0.275 e. The van der Waals surface area contributed by atoms with Crippen molar-refractivity contribution in [2.24, 2.45) is 7.05 Å². The number of rotatable bonds is 3. The highest BCUT2D eigenvalue weighted by Gasteiger charge is 2.23. The quantitative estimate of drug-likeness (QED) is 0.930. The van der Waals surface area contributed by atoms with Gasteiger partial charge in [-0.15, -0.1) is 0 Å². The van der Waals surface area contributed by atoms with E-state index in [1.807, 2.05) is 20.8 Å².